The van der Waals surface area contributed by atoms with Crippen molar-refractivity contribution in [3.05, 3.63) is 63.9 Å². The van der Waals surface area contributed by atoms with Gasteiger partial charge in [0.25, 0.3) is 5.56 Å². The van der Waals surface area contributed by atoms with Crippen LogP contribution < -0.4 is 11.3 Å². The topological polar surface area (TPSA) is 73.8 Å². The number of aromatic nitrogens is 3. The smallest absolute Gasteiger partial charge is 0.266 e. The Bertz CT molecular complexity index is 954. The number of hydrogen-bond acceptors (Lipinski definition) is 4. The molecule has 0 aliphatic carbocycles. The number of benzene rings is 1. The van der Waals surface area contributed by atoms with Crippen LogP contribution in [-0.2, 0) is 6.54 Å². The molecule has 0 amide bonds. The average molecular weight is 369 g/mol. The van der Waals surface area contributed by atoms with E-state index in [1.54, 1.807) is 12.1 Å². The highest BCUT2D eigenvalue weighted by molar-refractivity contribution is 6.33. The molecule has 0 spiro atoms. The highest BCUT2D eigenvalue weighted by Crippen LogP contribution is 2.33. The number of nitrogens with zero attached hydrogens (tertiary/aromatic N) is 3. The summed E-state index contributed by atoms with van der Waals surface area (Å²) in [7, 11) is 0. The zero-order valence-electron chi connectivity index (χ0n) is 14.7. The molecule has 2 heterocycles. The normalized spacial score (nSPS) is 10.8. The molecule has 2 N–H and O–H groups in total. The number of nitrogens with two attached hydrogens (primary N) is 1. The quantitative estimate of drug-likeness (QED) is 0.654. The summed E-state index contributed by atoms with van der Waals surface area (Å²) in [5.41, 5.74) is 8.81. The molecule has 0 saturated carbocycles. The first-order valence-electron chi connectivity index (χ1n) is 8.70. The maximum Gasteiger partial charge on any atom is 0.266 e. The van der Waals surface area contributed by atoms with Crippen molar-refractivity contribution >= 4 is 17.4 Å². The molecule has 0 unspecified atom stereocenters. The monoisotopic (exact) mass is 368 g/mol. The van der Waals surface area contributed by atoms with Crippen molar-refractivity contribution in [3.63, 3.8) is 0 Å². The molecule has 3 aromatic rings. The van der Waals surface area contributed by atoms with Crippen molar-refractivity contribution in [2.45, 2.75) is 32.7 Å². The number of unbranched alkanes of at least 4 members (excludes halogenated alkanes) is 2. The predicted octanol–water partition coefficient (Wildman–Crippen LogP) is 4.40. The van der Waals surface area contributed by atoms with Crippen LogP contribution in [0.3, 0.4) is 0 Å². The highest BCUT2D eigenvalue weighted by Gasteiger charge is 2.15. The lowest BCUT2D eigenvalue weighted by molar-refractivity contribution is 0.530. The van der Waals surface area contributed by atoms with Crippen LogP contribution in [0.5, 0.6) is 0 Å². The fourth-order valence-corrected chi connectivity index (χ4v) is 2.93. The molecule has 6 heteroatoms. The van der Waals surface area contributed by atoms with E-state index in [1.807, 2.05) is 30.3 Å². The van der Waals surface area contributed by atoms with Crippen LogP contribution in [0.15, 0.2) is 53.3 Å². The Kier molecular flexibility index (Phi) is 5.68. The summed E-state index contributed by atoms with van der Waals surface area (Å²) in [6.07, 6.45) is 3.06. The van der Waals surface area contributed by atoms with Crippen LogP contribution in [0.2, 0.25) is 5.02 Å². The van der Waals surface area contributed by atoms with E-state index in [2.05, 4.69) is 17.0 Å². The molecule has 134 valence electrons. The largest absolute Gasteiger partial charge is 0.382 e. The van der Waals surface area contributed by atoms with Gasteiger partial charge in [-0.15, -0.1) is 0 Å². The van der Waals surface area contributed by atoms with Crippen molar-refractivity contribution < 1.29 is 0 Å². The van der Waals surface area contributed by atoms with E-state index in [0.717, 1.165) is 30.4 Å². The van der Waals surface area contributed by atoms with Gasteiger partial charge in [0.05, 0.1) is 16.4 Å². The van der Waals surface area contributed by atoms with Gasteiger partial charge in [-0.05, 0) is 18.6 Å². The SMILES string of the molecule is CCCCCn1nc(-c2cc(Cl)c(N)nc2-c2ccccc2)ccc1=O. The number of hydrogen-bond donors (Lipinski definition) is 1. The molecule has 1 aromatic carbocycles. The molecule has 0 atom stereocenters. The fraction of sp³-hybridized carbons (Fsp3) is 0.250. The molecule has 2 aromatic heterocycles. The Morgan fingerprint density at radius 1 is 1.12 bits per heavy atom. The van der Waals surface area contributed by atoms with Gasteiger partial charge in [-0.25, -0.2) is 9.67 Å². The summed E-state index contributed by atoms with van der Waals surface area (Å²) < 4.78 is 1.50. The Balaban J connectivity index is 2.10. The molecule has 26 heavy (non-hydrogen) atoms. The zero-order valence-corrected chi connectivity index (χ0v) is 15.4. The Morgan fingerprint density at radius 2 is 1.88 bits per heavy atom. The van der Waals surface area contributed by atoms with Gasteiger partial charge in [0.1, 0.15) is 5.82 Å². The van der Waals surface area contributed by atoms with E-state index in [1.165, 1.54) is 10.7 Å². The zero-order chi connectivity index (χ0) is 18.5. The van der Waals surface area contributed by atoms with Crippen LogP contribution in [0.25, 0.3) is 22.5 Å². The van der Waals surface area contributed by atoms with Gasteiger partial charge in [0.2, 0.25) is 0 Å². The van der Waals surface area contributed by atoms with Crippen molar-refractivity contribution in [1.82, 2.24) is 14.8 Å². The van der Waals surface area contributed by atoms with Gasteiger partial charge in [-0.1, -0.05) is 61.7 Å². The Labute approximate surface area is 157 Å². The Morgan fingerprint density at radius 3 is 2.62 bits per heavy atom. The molecular weight excluding hydrogens is 348 g/mol. The van der Waals surface area contributed by atoms with Gasteiger partial charge in [-0.2, -0.15) is 5.10 Å². The number of halogens is 1. The number of anilines is 1. The summed E-state index contributed by atoms with van der Waals surface area (Å²) in [6, 6.07) is 14.7. The first-order chi connectivity index (χ1) is 12.6. The molecule has 0 bridgehead atoms. The van der Waals surface area contributed by atoms with Crippen molar-refractivity contribution in [2.75, 3.05) is 5.73 Å². The van der Waals surface area contributed by atoms with Crippen LogP contribution >= 0.6 is 11.6 Å². The van der Waals surface area contributed by atoms with Crippen LogP contribution in [-0.4, -0.2) is 14.8 Å². The third-order valence-electron chi connectivity index (χ3n) is 4.17. The summed E-state index contributed by atoms with van der Waals surface area (Å²) in [5.74, 6) is 0.269. The maximum atomic E-state index is 12.1. The lowest BCUT2D eigenvalue weighted by Crippen LogP contribution is -2.22. The Hall–Kier alpha value is -2.66. The van der Waals surface area contributed by atoms with E-state index in [4.69, 9.17) is 17.3 Å². The lowest BCUT2D eigenvalue weighted by Gasteiger charge is -2.12. The van der Waals surface area contributed by atoms with Crippen molar-refractivity contribution in [1.29, 1.82) is 0 Å². The molecule has 0 radical (unpaired) electrons. The number of rotatable bonds is 6. The van der Waals surface area contributed by atoms with Gasteiger partial charge < -0.3 is 5.73 Å². The first-order valence-corrected chi connectivity index (χ1v) is 9.08. The minimum atomic E-state index is -0.111. The highest BCUT2D eigenvalue weighted by atomic mass is 35.5. The number of aryl methyl sites for hydroxylation is 1. The molecular formula is C20H21ClN4O. The second kappa shape index (κ2) is 8.15. The third-order valence-corrected chi connectivity index (χ3v) is 4.47. The van der Waals surface area contributed by atoms with Crippen LogP contribution in [0.1, 0.15) is 26.2 Å². The van der Waals surface area contributed by atoms with E-state index < -0.39 is 0 Å². The summed E-state index contributed by atoms with van der Waals surface area (Å²) in [5, 5.41) is 4.90. The lowest BCUT2D eigenvalue weighted by atomic mass is 10.0. The molecule has 0 saturated heterocycles. The second-order valence-electron chi connectivity index (χ2n) is 6.10. The van der Waals surface area contributed by atoms with Gasteiger partial charge in [0, 0.05) is 23.7 Å². The maximum absolute atomic E-state index is 12.1. The standard InChI is InChI=1S/C20H21ClN4O/c1-2-3-7-12-25-18(26)11-10-17(24-25)15-13-16(21)20(22)23-19(15)14-8-5-4-6-9-14/h4-6,8-11,13H,2-3,7,12H2,1H3,(H2,22,23). The molecule has 0 aliphatic rings. The minimum Gasteiger partial charge on any atom is -0.382 e. The summed E-state index contributed by atoms with van der Waals surface area (Å²) in [6.45, 7) is 2.72. The third kappa shape index (κ3) is 3.94. The van der Waals surface area contributed by atoms with E-state index in [9.17, 15) is 4.79 Å². The van der Waals surface area contributed by atoms with Crippen molar-refractivity contribution in [2.24, 2.45) is 0 Å². The number of nitrogen functional groups attached to an aromatic ring is 1. The minimum absolute atomic E-state index is 0.111. The van der Waals surface area contributed by atoms with Crippen molar-refractivity contribution in [3.8, 4) is 22.5 Å². The molecule has 0 aliphatic heterocycles. The average Bonchev–Trinajstić information content (AvgIpc) is 2.66. The number of pyridine rings is 1. The second-order valence-corrected chi connectivity index (χ2v) is 6.51. The van der Waals surface area contributed by atoms with E-state index >= 15 is 0 Å². The van der Waals surface area contributed by atoms with Crippen LogP contribution in [0, 0.1) is 0 Å². The molecule has 0 fully saturated rings. The van der Waals surface area contributed by atoms with E-state index in [0.29, 0.717) is 23.0 Å². The first kappa shape index (κ1) is 18.1. The molecule has 5 nitrogen and oxygen atoms in total. The van der Waals surface area contributed by atoms with E-state index in [-0.39, 0.29) is 11.4 Å². The van der Waals surface area contributed by atoms with Gasteiger partial charge in [-0.3, -0.25) is 4.79 Å². The predicted molar refractivity (Wildman–Crippen MR) is 106 cm³/mol. The molecule has 3 rings (SSSR count). The summed E-state index contributed by atoms with van der Waals surface area (Å²) in [4.78, 5) is 16.6. The fourth-order valence-electron chi connectivity index (χ4n) is 2.78. The van der Waals surface area contributed by atoms with Gasteiger partial charge in [0.15, 0.2) is 0 Å². The van der Waals surface area contributed by atoms with Crippen LogP contribution in [0.4, 0.5) is 5.82 Å². The van der Waals surface area contributed by atoms with Gasteiger partial charge >= 0.3 is 0 Å². The summed E-state index contributed by atoms with van der Waals surface area (Å²) >= 11 is 6.21.